The molecule has 0 saturated heterocycles. The molecule has 2 atom stereocenters. The van der Waals surface area contributed by atoms with Crippen molar-refractivity contribution in [3.8, 4) is 11.5 Å². The number of rotatable bonds is 2. The molecule has 4 nitrogen and oxygen atoms in total. The molecule has 0 saturated carbocycles. The number of aliphatic carboxylic acids is 1. The lowest BCUT2D eigenvalue weighted by Gasteiger charge is -2.28. The van der Waals surface area contributed by atoms with Crippen molar-refractivity contribution in [2.75, 3.05) is 6.61 Å². The summed E-state index contributed by atoms with van der Waals surface area (Å²) in [4.78, 5) is 10.9. The second kappa shape index (κ2) is 4.04. The van der Waals surface area contributed by atoms with Crippen LogP contribution in [-0.2, 0) is 11.2 Å². The number of hydrogen-bond donors (Lipinski definition) is 2. The first kappa shape index (κ1) is 10.8. The minimum absolute atomic E-state index is 0.0849. The molecule has 0 fully saturated rings. The van der Waals surface area contributed by atoms with Gasteiger partial charge >= 0.3 is 5.97 Å². The Hall–Kier alpha value is -1.71. The Bertz CT molecular complexity index is 413. The molecule has 2 rings (SSSR count). The highest BCUT2D eigenvalue weighted by Gasteiger charge is 2.30. The van der Waals surface area contributed by atoms with E-state index in [1.165, 1.54) is 0 Å². The van der Waals surface area contributed by atoms with Crippen LogP contribution in [0.5, 0.6) is 11.5 Å². The van der Waals surface area contributed by atoms with E-state index in [9.17, 15) is 9.90 Å². The minimum atomic E-state index is -0.826. The molecule has 1 aliphatic rings. The SMILES string of the molecule is CC(C(=O)O)C1COc2cccc(O)c2C1. The third kappa shape index (κ3) is 1.83. The fourth-order valence-corrected chi connectivity index (χ4v) is 1.94. The van der Waals surface area contributed by atoms with E-state index in [0.29, 0.717) is 24.3 Å². The largest absolute Gasteiger partial charge is 0.508 e. The lowest BCUT2D eigenvalue weighted by atomic mass is 9.86. The van der Waals surface area contributed by atoms with Crippen molar-refractivity contribution < 1.29 is 19.7 Å². The van der Waals surface area contributed by atoms with Crippen LogP contribution in [0.4, 0.5) is 0 Å². The van der Waals surface area contributed by atoms with Crippen molar-refractivity contribution in [2.24, 2.45) is 11.8 Å². The van der Waals surface area contributed by atoms with E-state index in [1.54, 1.807) is 25.1 Å². The molecule has 1 aromatic rings. The summed E-state index contributed by atoms with van der Waals surface area (Å²) in [5.41, 5.74) is 0.715. The summed E-state index contributed by atoms with van der Waals surface area (Å²) in [6.07, 6.45) is 0.551. The highest BCUT2D eigenvalue weighted by Crippen LogP contribution is 2.35. The van der Waals surface area contributed by atoms with Gasteiger partial charge in [0.2, 0.25) is 0 Å². The average molecular weight is 222 g/mol. The highest BCUT2D eigenvalue weighted by molar-refractivity contribution is 5.70. The summed E-state index contributed by atoms with van der Waals surface area (Å²) in [6.45, 7) is 2.06. The van der Waals surface area contributed by atoms with Crippen LogP contribution in [-0.4, -0.2) is 22.8 Å². The zero-order valence-electron chi connectivity index (χ0n) is 9.01. The molecule has 0 radical (unpaired) electrons. The number of ether oxygens (including phenoxy) is 1. The molecule has 1 aromatic carbocycles. The predicted octanol–water partition coefficient (Wildman–Crippen LogP) is 1.66. The summed E-state index contributed by atoms with van der Waals surface area (Å²) in [7, 11) is 0. The smallest absolute Gasteiger partial charge is 0.306 e. The van der Waals surface area contributed by atoms with Crippen molar-refractivity contribution in [1.29, 1.82) is 0 Å². The van der Waals surface area contributed by atoms with Crippen LogP contribution in [0.1, 0.15) is 12.5 Å². The molecule has 2 unspecified atom stereocenters. The number of phenolic OH excluding ortho intramolecular Hbond substituents is 1. The molecule has 4 heteroatoms. The molecule has 1 aliphatic heterocycles. The molecular weight excluding hydrogens is 208 g/mol. The number of aromatic hydroxyl groups is 1. The number of carboxylic acid groups (broad SMARTS) is 1. The third-order valence-corrected chi connectivity index (χ3v) is 3.12. The van der Waals surface area contributed by atoms with Gasteiger partial charge in [-0.3, -0.25) is 4.79 Å². The zero-order valence-corrected chi connectivity index (χ0v) is 9.01. The summed E-state index contributed by atoms with van der Waals surface area (Å²) in [5.74, 6) is -0.535. The highest BCUT2D eigenvalue weighted by atomic mass is 16.5. The van der Waals surface area contributed by atoms with Gasteiger partial charge in [-0.1, -0.05) is 13.0 Å². The monoisotopic (exact) mass is 222 g/mol. The maximum absolute atomic E-state index is 10.9. The Balaban J connectivity index is 2.23. The van der Waals surface area contributed by atoms with Crippen LogP contribution >= 0.6 is 0 Å². The first-order chi connectivity index (χ1) is 7.59. The molecule has 16 heavy (non-hydrogen) atoms. The second-order valence-corrected chi connectivity index (χ2v) is 4.16. The summed E-state index contributed by atoms with van der Waals surface area (Å²) < 4.78 is 5.46. The van der Waals surface area contributed by atoms with E-state index in [4.69, 9.17) is 9.84 Å². The van der Waals surface area contributed by atoms with Gasteiger partial charge < -0.3 is 14.9 Å². The number of carbonyl (C=O) groups is 1. The van der Waals surface area contributed by atoms with Gasteiger partial charge in [0, 0.05) is 11.5 Å². The molecule has 2 N–H and O–H groups in total. The van der Waals surface area contributed by atoms with Crippen LogP contribution in [0.3, 0.4) is 0 Å². The topological polar surface area (TPSA) is 66.8 Å². The standard InChI is InChI=1S/C12H14O4/c1-7(12(14)15)8-5-9-10(13)3-2-4-11(9)16-6-8/h2-4,7-8,13H,5-6H2,1H3,(H,14,15). The van der Waals surface area contributed by atoms with E-state index in [-0.39, 0.29) is 11.7 Å². The van der Waals surface area contributed by atoms with E-state index >= 15 is 0 Å². The maximum atomic E-state index is 10.9. The van der Waals surface area contributed by atoms with Crippen molar-refractivity contribution in [3.05, 3.63) is 23.8 Å². The van der Waals surface area contributed by atoms with Crippen LogP contribution in [0.2, 0.25) is 0 Å². The number of carboxylic acids is 1. The van der Waals surface area contributed by atoms with Crippen LogP contribution in [0.25, 0.3) is 0 Å². The van der Waals surface area contributed by atoms with Gasteiger partial charge in [0.1, 0.15) is 11.5 Å². The molecule has 1 heterocycles. The minimum Gasteiger partial charge on any atom is -0.508 e. The van der Waals surface area contributed by atoms with Crippen LogP contribution in [0, 0.1) is 11.8 Å². The summed E-state index contributed by atoms with van der Waals surface area (Å²) >= 11 is 0. The summed E-state index contributed by atoms with van der Waals surface area (Å²) in [5, 5.41) is 18.6. The van der Waals surface area contributed by atoms with Crippen molar-refractivity contribution in [2.45, 2.75) is 13.3 Å². The zero-order chi connectivity index (χ0) is 11.7. The van der Waals surface area contributed by atoms with Gasteiger partial charge in [-0.05, 0) is 18.6 Å². The van der Waals surface area contributed by atoms with Gasteiger partial charge in [-0.15, -0.1) is 0 Å². The first-order valence-corrected chi connectivity index (χ1v) is 5.26. The Morgan fingerprint density at radius 2 is 2.31 bits per heavy atom. The normalized spacial score (nSPS) is 20.7. The molecular formula is C12H14O4. The Kier molecular flexibility index (Phi) is 2.73. The quantitative estimate of drug-likeness (QED) is 0.798. The Morgan fingerprint density at radius 1 is 1.56 bits per heavy atom. The molecule has 0 bridgehead atoms. The number of benzene rings is 1. The van der Waals surface area contributed by atoms with Crippen molar-refractivity contribution in [3.63, 3.8) is 0 Å². The molecule has 0 aromatic heterocycles. The van der Waals surface area contributed by atoms with E-state index in [2.05, 4.69) is 0 Å². The molecule has 86 valence electrons. The van der Waals surface area contributed by atoms with Crippen molar-refractivity contribution >= 4 is 5.97 Å². The second-order valence-electron chi connectivity index (χ2n) is 4.16. The van der Waals surface area contributed by atoms with Crippen LogP contribution in [0.15, 0.2) is 18.2 Å². The third-order valence-electron chi connectivity index (χ3n) is 3.12. The molecule has 0 aliphatic carbocycles. The Morgan fingerprint density at radius 3 is 3.00 bits per heavy atom. The van der Waals surface area contributed by atoms with Gasteiger partial charge in [0.25, 0.3) is 0 Å². The van der Waals surface area contributed by atoms with Gasteiger partial charge in [-0.2, -0.15) is 0 Å². The first-order valence-electron chi connectivity index (χ1n) is 5.26. The Labute approximate surface area is 93.5 Å². The van der Waals surface area contributed by atoms with Gasteiger partial charge in [-0.25, -0.2) is 0 Å². The number of phenols is 1. The van der Waals surface area contributed by atoms with E-state index in [0.717, 1.165) is 0 Å². The average Bonchev–Trinajstić information content (AvgIpc) is 2.28. The number of hydrogen-bond acceptors (Lipinski definition) is 3. The lowest BCUT2D eigenvalue weighted by molar-refractivity contribution is -0.143. The van der Waals surface area contributed by atoms with Crippen LogP contribution < -0.4 is 4.74 Å². The van der Waals surface area contributed by atoms with Crippen molar-refractivity contribution in [1.82, 2.24) is 0 Å². The fourth-order valence-electron chi connectivity index (χ4n) is 1.94. The van der Waals surface area contributed by atoms with Gasteiger partial charge in [0.15, 0.2) is 0 Å². The molecule has 0 spiro atoms. The molecule has 0 amide bonds. The lowest BCUT2D eigenvalue weighted by Crippen LogP contribution is -2.30. The van der Waals surface area contributed by atoms with E-state index in [1.807, 2.05) is 0 Å². The maximum Gasteiger partial charge on any atom is 0.306 e. The summed E-state index contributed by atoms with van der Waals surface area (Å²) in [6, 6.07) is 5.10. The predicted molar refractivity (Wildman–Crippen MR) is 57.6 cm³/mol. The van der Waals surface area contributed by atoms with Gasteiger partial charge in [0.05, 0.1) is 12.5 Å². The van der Waals surface area contributed by atoms with E-state index < -0.39 is 11.9 Å². The fraction of sp³-hybridized carbons (Fsp3) is 0.417. The number of fused-ring (bicyclic) bond motifs is 1.